The van der Waals surface area contributed by atoms with Gasteiger partial charge in [-0.1, -0.05) is 0 Å². The Bertz CT molecular complexity index is 410. The summed E-state index contributed by atoms with van der Waals surface area (Å²) in [6, 6.07) is 0. The van der Waals surface area contributed by atoms with Crippen LogP contribution in [-0.2, 0) is 4.74 Å². The number of hydrogen-bond acceptors (Lipinski definition) is 4. The molecule has 0 saturated heterocycles. The maximum atomic E-state index is 12.5. The van der Waals surface area contributed by atoms with Crippen molar-refractivity contribution in [2.45, 2.75) is 39.7 Å². The van der Waals surface area contributed by atoms with Gasteiger partial charge >= 0.3 is 6.09 Å². The highest BCUT2D eigenvalue weighted by molar-refractivity contribution is 5.84. The molecule has 0 aliphatic carbocycles. The topological polar surface area (TPSA) is 64.4 Å². The number of ether oxygens (including phenoxy) is 1. The number of halogens is 2. The number of oxazole rings is 1. The molecule has 7 heteroatoms. The molecule has 0 fully saturated rings. The Labute approximate surface area is 97.2 Å². The van der Waals surface area contributed by atoms with Crippen LogP contribution in [0.2, 0.25) is 0 Å². The Morgan fingerprint density at radius 1 is 1.47 bits per heavy atom. The van der Waals surface area contributed by atoms with Crippen molar-refractivity contribution >= 4 is 11.9 Å². The molecule has 17 heavy (non-hydrogen) atoms. The fraction of sp³-hybridized carbons (Fsp3) is 0.600. The largest absolute Gasteiger partial charge is 0.444 e. The number of anilines is 1. The number of carbonyl (C=O) groups is 1. The normalized spacial score (nSPS) is 11.7. The van der Waals surface area contributed by atoms with Crippen molar-refractivity contribution in [3.8, 4) is 0 Å². The van der Waals surface area contributed by atoms with E-state index < -0.39 is 23.9 Å². The molecule has 0 radical (unpaired) electrons. The van der Waals surface area contributed by atoms with E-state index in [4.69, 9.17) is 4.74 Å². The zero-order valence-corrected chi connectivity index (χ0v) is 10.0. The first kappa shape index (κ1) is 13.4. The van der Waals surface area contributed by atoms with Crippen LogP contribution in [0.1, 0.15) is 38.8 Å². The summed E-state index contributed by atoms with van der Waals surface area (Å²) < 4.78 is 34.6. The second-order valence-electron chi connectivity index (χ2n) is 4.37. The van der Waals surface area contributed by atoms with Crippen LogP contribution in [0.4, 0.5) is 19.4 Å². The fourth-order valence-corrected chi connectivity index (χ4v) is 1.08. The Morgan fingerprint density at radius 2 is 2.06 bits per heavy atom. The van der Waals surface area contributed by atoms with Crippen LogP contribution in [0.15, 0.2) is 4.42 Å². The van der Waals surface area contributed by atoms with E-state index in [0.29, 0.717) is 0 Å². The zero-order valence-electron chi connectivity index (χ0n) is 10.0. The van der Waals surface area contributed by atoms with Crippen LogP contribution < -0.4 is 5.32 Å². The van der Waals surface area contributed by atoms with Crippen LogP contribution in [0.25, 0.3) is 0 Å². The quantitative estimate of drug-likeness (QED) is 0.872. The summed E-state index contributed by atoms with van der Waals surface area (Å²) >= 11 is 0. The Morgan fingerprint density at radius 3 is 2.53 bits per heavy atom. The van der Waals surface area contributed by atoms with Crippen molar-refractivity contribution in [2.75, 3.05) is 5.32 Å². The lowest BCUT2D eigenvalue weighted by Gasteiger charge is -2.19. The van der Waals surface area contributed by atoms with Crippen LogP contribution in [-0.4, -0.2) is 16.7 Å². The summed E-state index contributed by atoms with van der Waals surface area (Å²) in [6.07, 6.45) is -3.70. The number of aryl methyl sites for hydroxylation is 1. The van der Waals surface area contributed by atoms with E-state index in [1.54, 1.807) is 20.8 Å². The molecule has 0 aliphatic heterocycles. The van der Waals surface area contributed by atoms with E-state index in [1.807, 2.05) is 0 Å². The van der Waals surface area contributed by atoms with Gasteiger partial charge in [0.15, 0.2) is 11.7 Å². The molecule has 1 rings (SSSR count). The maximum Gasteiger partial charge on any atom is 0.413 e. The van der Waals surface area contributed by atoms with Gasteiger partial charge in [-0.05, 0) is 20.8 Å². The highest BCUT2D eigenvalue weighted by Gasteiger charge is 2.24. The van der Waals surface area contributed by atoms with Gasteiger partial charge in [-0.2, -0.15) is 4.98 Å². The predicted octanol–water partition coefficient (Wildman–Crippen LogP) is 3.27. The van der Waals surface area contributed by atoms with E-state index in [-0.39, 0.29) is 11.7 Å². The summed E-state index contributed by atoms with van der Waals surface area (Å²) in [5.41, 5.74) is -0.714. The minimum absolute atomic E-state index is 0.0476. The molecule has 0 spiro atoms. The highest BCUT2D eigenvalue weighted by Crippen LogP contribution is 2.27. The van der Waals surface area contributed by atoms with Gasteiger partial charge in [-0.15, -0.1) is 0 Å². The monoisotopic (exact) mass is 248 g/mol. The van der Waals surface area contributed by atoms with Crippen LogP contribution in [0.3, 0.4) is 0 Å². The molecule has 5 nitrogen and oxygen atoms in total. The molecule has 0 saturated carbocycles. The molecular weight excluding hydrogens is 234 g/mol. The number of nitrogens with one attached hydrogen (secondary N) is 1. The van der Waals surface area contributed by atoms with Crippen LogP contribution >= 0.6 is 0 Å². The third-order valence-corrected chi connectivity index (χ3v) is 1.58. The van der Waals surface area contributed by atoms with E-state index in [0.717, 1.165) is 0 Å². The van der Waals surface area contributed by atoms with Gasteiger partial charge in [0.1, 0.15) is 5.60 Å². The highest BCUT2D eigenvalue weighted by atomic mass is 19.3. The van der Waals surface area contributed by atoms with Gasteiger partial charge in [0.2, 0.25) is 5.76 Å². The molecule has 1 aromatic rings. The van der Waals surface area contributed by atoms with Gasteiger partial charge in [0.05, 0.1) is 0 Å². The Hall–Kier alpha value is -1.66. The summed E-state index contributed by atoms with van der Waals surface area (Å²) in [5.74, 6) is -0.938. The number of carbonyl (C=O) groups excluding carboxylic acids is 1. The van der Waals surface area contributed by atoms with Crippen molar-refractivity contribution in [2.24, 2.45) is 0 Å². The first-order chi connectivity index (χ1) is 7.69. The molecule has 1 amide bonds. The summed E-state index contributed by atoms with van der Waals surface area (Å²) in [4.78, 5) is 15.0. The molecule has 0 atom stereocenters. The summed E-state index contributed by atoms with van der Waals surface area (Å²) in [5, 5.41) is 2.12. The SMILES string of the molecule is Cc1nc(NC(=O)OC(C)(C)C)c(C(F)F)o1. The van der Waals surface area contributed by atoms with Crippen molar-refractivity contribution in [3.05, 3.63) is 11.7 Å². The molecule has 0 aromatic carbocycles. The molecule has 1 heterocycles. The lowest BCUT2D eigenvalue weighted by atomic mass is 10.2. The van der Waals surface area contributed by atoms with Crippen molar-refractivity contribution < 1.29 is 22.7 Å². The first-order valence-electron chi connectivity index (χ1n) is 4.94. The number of alkyl halides is 2. The molecule has 0 unspecified atom stereocenters. The van der Waals surface area contributed by atoms with Crippen molar-refractivity contribution in [1.82, 2.24) is 4.98 Å². The second-order valence-corrected chi connectivity index (χ2v) is 4.37. The summed E-state index contributed by atoms with van der Waals surface area (Å²) in [7, 11) is 0. The van der Waals surface area contributed by atoms with Crippen LogP contribution in [0.5, 0.6) is 0 Å². The molecule has 1 N–H and O–H groups in total. The lowest BCUT2D eigenvalue weighted by Crippen LogP contribution is -2.27. The van der Waals surface area contributed by atoms with Gasteiger partial charge in [-0.25, -0.2) is 13.6 Å². The van der Waals surface area contributed by atoms with E-state index in [9.17, 15) is 13.6 Å². The predicted molar refractivity (Wildman–Crippen MR) is 56.1 cm³/mol. The number of hydrogen-bond donors (Lipinski definition) is 1. The number of nitrogens with zero attached hydrogens (tertiary/aromatic N) is 1. The minimum atomic E-state index is -2.85. The van der Waals surface area contributed by atoms with Crippen molar-refractivity contribution in [1.29, 1.82) is 0 Å². The van der Waals surface area contributed by atoms with E-state index >= 15 is 0 Å². The number of amides is 1. The third kappa shape index (κ3) is 4.01. The fourth-order valence-electron chi connectivity index (χ4n) is 1.08. The molecule has 0 bridgehead atoms. The van der Waals surface area contributed by atoms with Gasteiger partial charge < -0.3 is 9.15 Å². The average molecular weight is 248 g/mol. The van der Waals surface area contributed by atoms with E-state index in [1.165, 1.54) is 6.92 Å². The minimum Gasteiger partial charge on any atom is -0.444 e. The molecule has 96 valence electrons. The number of aromatic nitrogens is 1. The lowest BCUT2D eigenvalue weighted by molar-refractivity contribution is 0.0633. The molecule has 1 aromatic heterocycles. The molecular formula is C10H14F2N2O3. The smallest absolute Gasteiger partial charge is 0.413 e. The third-order valence-electron chi connectivity index (χ3n) is 1.58. The van der Waals surface area contributed by atoms with Gasteiger partial charge in [-0.3, -0.25) is 5.32 Å². The molecule has 0 aliphatic rings. The first-order valence-corrected chi connectivity index (χ1v) is 4.94. The van der Waals surface area contributed by atoms with Gasteiger partial charge in [0, 0.05) is 6.92 Å². The van der Waals surface area contributed by atoms with E-state index in [2.05, 4.69) is 14.7 Å². The zero-order chi connectivity index (χ0) is 13.2. The summed E-state index contributed by atoms with van der Waals surface area (Å²) in [6.45, 7) is 6.39. The average Bonchev–Trinajstić information content (AvgIpc) is 2.42. The van der Waals surface area contributed by atoms with Gasteiger partial charge in [0.25, 0.3) is 6.43 Å². The second kappa shape index (κ2) is 4.68. The Kier molecular flexibility index (Phi) is 3.69. The Balaban J connectivity index is 2.78. The van der Waals surface area contributed by atoms with Crippen LogP contribution in [0, 0.1) is 6.92 Å². The number of rotatable bonds is 2. The van der Waals surface area contributed by atoms with Crippen molar-refractivity contribution in [3.63, 3.8) is 0 Å². The standard InChI is InChI=1S/C10H14F2N2O3/c1-5-13-8(6(16-5)7(11)12)14-9(15)17-10(2,3)4/h7H,1-4H3,(H,14,15). The maximum absolute atomic E-state index is 12.5.